The van der Waals surface area contributed by atoms with Gasteiger partial charge in [-0.3, -0.25) is 4.79 Å². The molecule has 3 saturated heterocycles. The number of allylic oxidation sites excluding steroid dienone is 7. The quantitative estimate of drug-likeness (QED) is 0.0250. The Labute approximate surface area is 478 Å². The predicted octanol–water partition coefficient (Wildman–Crippen LogP) is 5.87. The van der Waals surface area contributed by atoms with E-state index in [4.69, 9.17) is 28.4 Å². The van der Waals surface area contributed by atoms with Gasteiger partial charge in [0.2, 0.25) is 5.91 Å². The van der Waals surface area contributed by atoms with Gasteiger partial charge in [0, 0.05) is 6.42 Å². The Morgan fingerprint density at radius 3 is 1.25 bits per heavy atom. The van der Waals surface area contributed by atoms with Gasteiger partial charge in [-0.15, -0.1) is 0 Å². The molecule has 17 unspecified atom stereocenters. The summed E-state index contributed by atoms with van der Waals surface area (Å²) in [5, 5.41) is 120. The number of aliphatic hydroxyl groups excluding tert-OH is 11. The van der Waals surface area contributed by atoms with Gasteiger partial charge in [0.25, 0.3) is 0 Å². The van der Waals surface area contributed by atoms with Gasteiger partial charge in [-0.1, -0.05) is 172 Å². The van der Waals surface area contributed by atoms with Gasteiger partial charge in [-0.05, 0) is 70.6 Å². The molecule has 0 saturated carbocycles. The summed E-state index contributed by atoms with van der Waals surface area (Å²) < 4.78 is 34.2. The van der Waals surface area contributed by atoms with E-state index in [0.29, 0.717) is 12.8 Å². The Kier molecular flexibility index (Phi) is 39.8. The number of rotatable bonds is 45. The van der Waals surface area contributed by atoms with E-state index in [1.165, 1.54) is 103 Å². The minimum atomic E-state index is -1.98. The molecule has 3 aliphatic rings. The van der Waals surface area contributed by atoms with Crippen molar-refractivity contribution in [2.75, 3.05) is 26.4 Å². The first-order valence-electron chi connectivity index (χ1n) is 30.9. The predicted molar refractivity (Wildman–Crippen MR) is 305 cm³/mol. The van der Waals surface area contributed by atoms with Crippen molar-refractivity contribution < 1.29 is 89.4 Å². The molecule has 0 aromatic heterocycles. The molecule has 1 amide bonds. The molecule has 0 aromatic carbocycles. The van der Waals surface area contributed by atoms with Crippen LogP contribution in [0.4, 0.5) is 0 Å². The third kappa shape index (κ3) is 27.6. The van der Waals surface area contributed by atoms with E-state index in [2.05, 4.69) is 55.6 Å². The number of hydrogen-bond donors (Lipinski definition) is 12. The van der Waals surface area contributed by atoms with Crippen molar-refractivity contribution in [1.29, 1.82) is 0 Å². The van der Waals surface area contributed by atoms with E-state index in [0.717, 1.165) is 64.2 Å². The van der Waals surface area contributed by atoms with Crippen LogP contribution in [0.25, 0.3) is 0 Å². The van der Waals surface area contributed by atoms with Crippen LogP contribution in [0.15, 0.2) is 48.6 Å². The van der Waals surface area contributed by atoms with Crippen LogP contribution in [-0.2, 0) is 33.2 Å². The van der Waals surface area contributed by atoms with Crippen LogP contribution in [0, 0.1) is 0 Å². The van der Waals surface area contributed by atoms with Gasteiger partial charge in [0.05, 0.1) is 38.6 Å². The lowest BCUT2D eigenvalue weighted by Gasteiger charge is -2.48. The fraction of sp³-hybridized carbons (Fsp3) is 0.852. The number of nitrogens with one attached hydrogen (secondary N) is 1. The van der Waals surface area contributed by atoms with Gasteiger partial charge in [-0.2, -0.15) is 0 Å². The zero-order chi connectivity index (χ0) is 58.3. The van der Waals surface area contributed by atoms with Crippen LogP contribution in [0.1, 0.15) is 200 Å². The second-order valence-electron chi connectivity index (χ2n) is 22.1. The first-order chi connectivity index (χ1) is 38.8. The lowest BCUT2D eigenvalue weighted by Crippen LogP contribution is -2.66. The highest BCUT2D eigenvalue weighted by molar-refractivity contribution is 5.76. The monoisotopic (exact) mass is 1140 g/mol. The molecule has 19 heteroatoms. The van der Waals surface area contributed by atoms with E-state index in [1.807, 2.05) is 6.08 Å². The summed E-state index contributed by atoms with van der Waals surface area (Å²) in [5.74, 6) is -0.300. The number of aliphatic hydroxyl groups is 11. The Bertz CT molecular complexity index is 1650. The van der Waals surface area contributed by atoms with Crippen molar-refractivity contribution in [1.82, 2.24) is 5.32 Å². The highest BCUT2D eigenvalue weighted by Crippen LogP contribution is 2.33. The number of carbonyl (C=O) groups excluding carboxylic acids is 1. The molecule has 3 aliphatic heterocycles. The number of ether oxygens (including phenoxy) is 6. The summed E-state index contributed by atoms with van der Waals surface area (Å²) in [7, 11) is 0. The summed E-state index contributed by atoms with van der Waals surface area (Å²) >= 11 is 0. The smallest absolute Gasteiger partial charge is 0.220 e. The average Bonchev–Trinajstić information content (AvgIpc) is 3.50. The van der Waals surface area contributed by atoms with Crippen molar-refractivity contribution in [2.45, 2.75) is 304 Å². The highest BCUT2D eigenvalue weighted by atomic mass is 16.8. The average molecular weight is 1140 g/mol. The molecule has 0 aromatic rings. The fourth-order valence-electron chi connectivity index (χ4n) is 10.2. The van der Waals surface area contributed by atoms with Gasteiger partial charge in [0.15, 0.2) is 18.9 Å². The zero-order valence-electron chi connectivity index (χ0n) is 48.5. The lowest BCUT2D eigenvalue weighted by molar-refractivity contribution is -0.379. The van der Waals surface area contributed by atoms with E-state index >= 15 is 0 Å². The molecule has 0 bridgehead atoms. The lowest BCUT2D eigenvalue weighted by atomic mass is 9.96. The van der Waals surface area contributed by atoms with Crippen molar-refractivity contribution in [3.05, 3.63) is 48.6 Å². The third-order valence-electron chi connectivity index (χ3n) is 15.3. The van der Waals surface area contributed by atoms with Crippen LogP contribution in [0.2, 0.25) is 0 Å². The molecule has 3 heterocycles. The Morgan fingerprint density at radius 2 is 0.800 bits per heavy atom. The second kappa shape index (κ2) is 44.3. The number of hydrogen-bond acceptors (Lipinski definition) is 18. The van der Waals surface area contributed by atoms with Crippen molar-refractivity contribution in [3.63, 3.8) is 0 Å². The van der Waals surface area contributed by atoms with Crippen LogP contribution < -0.4 is 5.32 Å². The number of amides is 1. The number of unbranched alkanes of at least 4 members (excludes halogenated alkanes) is 23. The maximum Gasteiger partial charge on any atom is 0.220 e. The van der Waals surface area contributed by atoms with E-state index in [9.17, 15) is 61.0 Å². The maximum atomic E-state index is 13.3. The van der Waals surface area contributed by atoms with Gasteiger partial charge < -0.3 is 89.9 Å². The Balaban J connectivity index is 1.52. The topological polar surface area (TPSA) is 307 Å². The van der Waals surface area contributed by atoms with Gasteiger partial charge >= 0.3 is 0 Å². The van der Waals surface area contributed by atoms with Crippen LogP contribution in [0.3, 0.4) is 0 Å². The van der Waals surface area contributed by atoms with Crippen LogP contribution in [-0.4, -0.2) is 193 Å². The SMILES string of the molecule is CCCCCCCC/C=C\CCCCCCCC(=O)NC(COC1OC(CO)C(OC2OC(CO)C(OC3OC(CO)C(O)C(O)C3O)C(O)C2O)C(O)C1O)C(O)/C=C/CC/C=C/CC/C=C/CCCCCCCCCCCC. The summed E-state index contributed by atoms with van der Waals surface area (Å²) in [6.45, 7) is 1.67. The molecule has 0 radical (unpaired) electrons. The van der Waals surface area contributed by atoms with Crippen LogP contribution >= 0.6 is 0 Å². The van der Waals surface area contributed by atoms with E-state index in [1.54, 1.807) is 6.08 Å². The van der Waals surface area contributed by atoms with Crippen molar-refractivity contribution >= 4 is 5.91 Å². The molecular formula is C61H109NO18. The Morgan fingerprint density at radius 1 is 0.438 bits per heavy atom. The van der Waals surface area contributed by atoms with E-state index < -0.39 is 124 Å². The summed E-state index contributed by atoms with van der Waals surface area (Å²) in [4.78, 5) is 13.3. The molecule has 3 rings (SSSR count). The first-order valence-corrected chi connectivity index (χ1v) is 30.9. The highest BCUT2D eigenvalue weighted by Gasteiger charge is 2.53. The molecule has 3 fully saturated rings. The first kappa shape index (κ1) is 72.0. The van der Waals surface area contributed by atoms with Crippen LogP contribution in [0.5, 0.6) is 0 Å². The molecule has 12 N–H and O–H groups in total. The van der Waals surface area contributed by atoms with Gasteiger partial charge in [0.1, 0.15) is 73.2 Å². The minimum Gasteiger partial charge on any atom is -0.394 e. The molecule has 0 aliphatic carbocycles. The minimum absolute atomic E-state index is 0.221. The molecule has 17 atom stereocenters. The normalized spacial score (nSPS) is 30.3. The molecule has 0 spiro atoms. The number of carbonyl (C=O) groups is 1. The largest absolute Gasteiger partial charge is 0.394 e. The molecule has 466 valence electrons. The standard InChI is InChI=1S/C61H109NO18/c1-3-5-7-9-11-13-15-17-19-20-21-22-23-25-26-28-30-32-34-36-38-45(66)44(62-49(67)39-37-35-33-31-29-27-24-18-16-14-12-10-8-6-4-2)43-75-59-55(73)52(70)57(47(41-64)77-59)80-61-56(74)53(71)58(48(42-65)78-61)79-60-54(72)51(69)50(68)46(40-63)76-60/h18,22-24,28,30,36,38,44-48,50-61,63-66,68-74H,3-17,19-21,25-27,29,31-35,37,39-43H2,1-2H3,(H,62,67)/b23-22+,24-18-,30-28+,38-36+. The molecular weight excluding hydrogens is 1030 g/mol. The molecule has 80 heavy (non-hydrogen) atoms. The Hall–Kier alpha value is -2.25. The second-order valence-corrected chi connectivity index (χ2v) is 22.1. The summed E-state index contributed by atoms with van der Waals surface area (Å²) in [5.41, 5.74) is 0. The fourth-order valence-corrected chi connectivity index (χ4v) is 10.2. The third-order valence-corrected chi connectivity index (χ3v) is 15.3. The zero-order valence-corrected chi connectivity index (χ0v) is 48.5. The van der Waals surface area contributed by atoms with Crippen molar-refractivity contribution in [3.8, 4) is 0 Å². The summed E-state index contributed by atoms with van der Waals surface area (Å²) in [6.07, 6.45) is 22.3. The van der Waals surface area contributed by atoms with Gasteiger partial charge in [-0.25, -0.2) is 0 Å². The van der Waals surface area contributed by atoms with Crippen molar-refractivity contribution in [2.24, 2.45) is 0 Å². The summed E-state index contributed by atoms with van der Waals surface area (Å²) in [6, 6.07) is -1.00. The van der Waals surface area contributed by atoms with E-state index in [-0.39, 0.29) is 18.9 Å². The maximum absolute atomic E-state index is 13.3. The molecule has 19 nitrogen and oxygen atoms in total.